The molecule has 0 spiro atoms. The molecule has 1 aromatic heterocycles. The van der Waals surface area contributed by atoms with Crippen molar-refractivity contribution in [2.24, 2.45) is 0 Å². The molecule has 0 saturated heterocycles. The fourth-order valence-corrected chi connectivity index (χ4v) is 2.54. The third-order valence-corrected chi connectivity index (χ3v) is 3.54. The molecule has 0 saturated carbocycles. The van der Waals surface area contributed by atoms with Gasteiger partial charge in [-0.05, 0) is 37.6 Å². The van der Waals surface area contributed by atoms with Crippen molar-refractivity contribution in [2.45, 2.75) is 13.8 Å². The van der Waals surface area contributed by atoms with Crippen molar-refractivity contribution in [3.8, 4) is 11.1 Å². The highest BCUT2D eigenvalue weighted by Crippen LogP contribution is 2.30. The number of rotatable bonds is 1. The predicted molar refractivity (Wildman–Crippen MR) is 81.7 cm³/mol. The van der Waals surface area contributed by atoms with Gasteiger partial charge in [-0.1, -0.05) is 53.1 Å². The summed E-state index contributed by atoms with van der Waals surface area (Å²) in [6.07, 6.45) is 0. The summed E-state index contributed by atoms with van der Waals surface area (Å²) in [5.41, 5.74) is 5.49. The van der Waals surface area contributed by atoms with Crippen LogP contribution in [0.15, 0.2) is 48.5 Å². The normalized spacial score (nSPS) is 10.9. The topological polar surface area (TPSA) is 12.9 Å². The third kappa shape index (κ3) is 2.34. The van der Waals surface area contributed by atoms with Gasteiger partial charge in [-0.3, -0.25) is 0 Å². The molecule has 0 atom stereocenters. The van der Waals surface area contributed by atoms with Crippen LogP contribution in [-0.4, -0.2) is 4.98 Å². The summed E-state index contributed by atoms with van der Waals surface area (Å²) >= 11 is 6.32. The molecule has 1 nitrogen and oxygen atoms in total. The number of pyridine rings is 1. The van der Waals surface area contributed by atoms with Gasteiger partial charge in [0.05, 0.1) is 5.52 Å². The lowest BCUT2D eigenvalue weighted by Gasteiger charge is -2.07. The lowest BCUT2D eigenvalue weighted by molar-refractivity contribution is 1.38. The van der Waals surface area contributed by atoms with Crippen molar-refractivity contribution in [1.82, 2.24) is 4.98 Å². The molecule has 2 aromatic carbocycles. The van der Waals surface area contributed by atoms with Crippen LogP contribution in [0, 0.1) is 13.8 Å². The van der Waals surface area contributed by atoms with Crippen molar-refractivity contribution in [3.05, 3.63) is 64.8 Å². The number of nitrogens with zero attached hydrogens (tertiary/aromatic N) is 1. The first-order chi connectivity index (χ1) is 9.13. The first-order valence-corrected chi connectivity index (χ1v) is 6.65. The van der Waals surface area contributed by atoms with Crippen molar-refractivity contribution < 1.29 is 0 Å². The van der Waals surface area contributed by atoms with E-state index in [1.165, 1.54) is 11.1 Å². The lowest BCUT2D eigenvalue weighted by Crippen LogP contribution is -1.87. The SMILES string of the molecule is Cc1cccc(-c2cc3cc(C)ccc3nc2Cl)c1. The van der Waals surface area contributed by atoms with E-state index in [4.69, 9.17) is 11.6 Å². The Bertz CT molecular complexity index is 762. The molecular weight excluding hydrogens is 254 g/mol. The largest absolute Gasteiger partial charge is 0.235 e. The molecule has 19 heavy (non-hydrogen) atoms. The van der Waals surface area contributed by atoms with Crippen molar-refractivity contribution in [2.75, 3.05) is 0 Å². The van der Waals surface area contributed by atoms with E-state index in [2.05, 4.69) is 55.2 Å². The van der Waals surface area contributed by atoms with Gasteiger partial charge in [-0.15, -0.1) is 0 Å². The summed E-state index contributed by atoms with van der Waals surface area (Å²) in [6, 6.07) is 16.6. The van der Waals surface area contributed by atoms with E-state index in [0.717, 1.165) is 22.0 Å². The zero-order valence-corrected chi connectivity index (χ0v) is 11.7. The van der Waals surface area contributed by atoms with Crippen molar-refractivity contribution in [1.29, 1.82) is 0 Å². The smallest absolute Gasteiger partial charge is 0.137 e. The molecule has 0 bridgehead atoms. The molecule has 0 aliphatic rings. The maximum absolute atomic E-state index is 6.32. The molecule has 0 fully saturated rings. The number of aryl methyl sites for hydroxylation is 2. The molecule has 0 radical (unpaired) electrons. The minimum Gasteiger partial charge on any atom is -0.235 e. The molecular formula is C17H14ClN. The Morgan fingerprint density at radius 1 is 0.895 bits per heavy atom. The standard InChI is InChI=1S/C17H14ClN/c1-11-4-3-5-13(8-11)15-10-14-9-12(2)6-7-16(14)19-17(15)18/h3-10H,1-2H3. The van der Waals surface area contributed by atoms with Crippen LogP contribution in [-0.2, 0) is 0 Å². The summed E-state index contributed by atoms with van der Waals surface area (Å²) in [5.74, 6) is 0. The number of fused-ring (bicyclic) bond motifs is 1. The van der Waals surface area contributed by atoms with Gasteiger partial charge >= 0.3 is 0 Å². The minimum absolute atomic E-state index is 0.557. The zero-order chi connectivity index (χ0) is 13.4. The third-order valence-electron chi connectivity index (χ3n) is 3.25. The number of halogens is 1. The van der Waals surface area contributed by atoms with Crippen LogP contribution < -0.4 is 0 Å². The second-order valence-corrected chi connectivity index (χ2v) is 5.25. The minimum atomic E-state index is 0.557. The summed E-state index contributed by atoms with van der Waals surface area (Å²) in [6.45, 7) is 4.16. The van der Waals surface area contributed by atoms with E-state index >= 15 is 0 Å². The molecule has 0 aliphatic heterocycles. The predicted octanol–water partition coefficient (Wildman–Crippen LogP) is 5.17. The summed E-state index contributed by atoms with van der Waals surface area (Å²) in [5, 5.41) is 1.68. The van der Waals surface area contributed by atoms with Crippen LogP contribution in [0.5, 0.6) is 0 Å². The summed E-state index contributed by atoms with van der Waals surface area (Å²) < 4.78 is 0. The average Bonchev–Trinajstić information content (AvgIpc) is 2.38. The molecule has 0 aliphatic carbocycles. The lowest BCUT2D eigenvalue weighted by atomic mass is 10.0. The fourth-order valence-electron chi connectivity index (χ4n) is 2.29. The van der Waals surface area contributed by atoms with Crippen molar-refractivity contribution in [3.63, 3.8) is 0 Å². The first kappa shape index (κ1) is 12.2. The van der Waals surface area contributed by atoms with Crippen LogP contribution in [0.25, 0.3) is 22.0 Å². The molecule has 2 heteroatoms. The second kappa shape index (κ2) is 4.67. The van der Waals surface area contributed by atoms with E-state index < -0.39 is 0 Å². The van der Waals surface area contributed by atoms with Crippen LogP contribution in [0.1, 0.15) is 11.1 Å². The molecule has 0 N–H and O–H groups in total. The average molecular weight is 268 g/mol. The zero-order valence-electron chi connectivity index (χ0n) is 10.9. The van der Waals surface area contributed by atoms with E-state index in [1.54, 1.807) is 0 Å². The number of hydrogen-bond donors (Lipinski definition) is 0. The number of benzene rings is 2. The highest BCUT2D eigenvalue weighted by atomic mass is 35.5. The van der Waals surface area contributed by atoms with Gasteiger partial charge in [0.15, 0.2) is 0 Å². The first-order valence-electron chi connectivity index (χ1n) is 6.27. The van der Waals surface area contributed by atoms with Gasteiger partial charge in [-0.2, -0.15) is 0 Å². The highest BCUT2D eigenvalue weighted by molar-refractivity contribution is 6.32. The maximum atomic E-state index is 6.32. The summed E-state index contributed by atoms with van der Waals surface area (Å²) in [4.78, 5) is 4.49. The summed E-state index contributed by atoms with van der Waals surface area (Å²) in [7, 11) is 0. The van der Waals surface area contributed by atoms with Crippen LogP contribution in [0.3, 0.4) is 0 Å². The van der Waals surface area contributed by atoms with Crippen LogP contribution >= 0.6 is 11.6 Å². The van der Waals surface area contributed by atoms with Crippen LogP contribution in [0.4, 0.5) is 0 Å². The van der Waals surface area contributed by atoms with E-state index in [0.29, 0.717) is 5.15 Å². The highest BCUT2D eigenvalue weighted by Gasteiger charge is 2.07. The van der Waals surface area contributed by atoms with Gasteiger partial charge in [-0.25, -0.2) is 4.98 Å². The Balaban J connectivity index is 2.26. The van der Waals surface area contributed by atoms with E-state index in [9.17, 15) is 0 Å². The van der Waals surface area contributed by atoms with E-state index in [1.807, 2.05) is 12.1 Å². The molecule has 3 aromatic rings. The Kier molecular flexibility index (Phi) is 3.00. The Morgan fingerprint density at radius 3 is 2.47 bits per heavy atom. The number of aromatic nitrogens is 1. The van der Waals surface area contributed by atoms with Gasteiger partial charge in [0.1, 0.15) is 5.15 Å². The van der Waals surface area contributed by atoms with Gasteiger partial charge in [0.25, 0.3) is 0 Å². The fraction of sp³-hybridized carbons (Fsp3) is 0.118. The quantitative estimate of drug-likeness (QED) is 0.554. The molecule has 0 amide bonds. The van der Waals surface area contributed by atoms with Gasteiger partial charge < -0.3 is 0 Å². The molecule has 1 heterocycles. The Hall–Kier alpha value is -1.86. The maximum Gasteiger partial charge on any atom is 0.137 e. The molecule has 94 valence electrons. The van der Waals surface area contributed by atoms with Gasteiger partial charge in [0.2, 0.25) is 0 Å². The Labute approximate surface area is 117 Å². The van der Waals surface area contributed by atoms with Crippen LogP contribution in [0.2, 0.25) is 5.15 Å². The van der Waals surface area contributed by atoms with Gasteiger partial charge in [0, 0.05) is 10.9 Å². The molecule has 0 unspecified atom stereocenters. The van der Waals surface area contributed by atoms with Crippen molar-refractivity contribution >= 4 is 22.5 Å². The Morgan fingerprint density at radius 2 is 1.68 bits per heavy atom. The van der Waals surface area contributed by atoms with E-state index in [-0.39, 0.29) is 0 Å². The second-order valence-electron chi connectivity index (χ2n) is 4.89. The molecule has 3 rings (SSSR count). The monoisotopic (exact) mass is 267 g/mol. The number of hydrogen-bond acceptors (Lipinski definition) is 1.